The van der Waals surface area contributed by atoms with Crippen LogP contribution in [0, 0.1) is 17.8 Å². The van der Waals surface area contributed by atoms with Crippen molar-refractivity contribution in [2.45, 2.75) is 51.4 Å². The maximum absolute atomic E-state index is 12.0. The van der Waals surface area contributed by atoms with Crippen molar-refractivity contribution in [3.8, 4) is 0 Å². The molecule has 0 aromatic heterocycles. The van der Waals surface area contributed by atoms with E-state index in [0.717, 1.165) is 18.4 Å². The van der Waals surface area contributed by atoms with E-state index in [4.69, 9.17) is 0 Å². The Morgan fingerprint density at radius 1 is 1.00 bits per heavy atom. The van der Waals surface area contributed by atoms with E-state index in [1.54, 1.807) is 0 Å². The summed E-state index contributed by atoms with van der Waals surface area (Å²) in [6, 6.07) is 0. The average molecular weight is 231 g/mol. The first-order chi connectivity index (χ1) is 7.75. The van der Waals surface area contributed by atoms with Crippen molar-refractivity contribution in [3.05, 3.63) is 0 Å². The molecule has 0 radical (unpaired) electrons. The van der Waals surface area contributed by atoms with Crippen molar-refractivity contribution < 1.29 is 8.78 Å². The maximum atomic E-state index is 12.0. The average Bonchev–Trinajstić information content (AvgIpc) is 2.28. The summed E-state index contributed by atoms with van der Waals surface area (Å²) in [6.07, 6.45) is 7.27. The fourth-order valence-electron chi connectivity index (χ4n) is 3.55. The lowest BCUT2D eigenvalue weighted by Crippen LogP contribution is -2.34. The van der Waals surface area contributed by atoms with Crippen molar-refractivity contribution in [2.24, 2.45) is 17.8 Å². The fourth-order valence-corrected chi connectivity index (χ4v) is 3.55. The summed E-state index contributed by atoms with van der Waals surface area (Å²) in [5.74, 6) is 2.51. The lowest BCUT2D eigenvalue weighted by atomic mass is 9.67. The van der Waals surface area contributed by atoms with Gasteiger partial charge in [-0.2, -0.15) is 0 Å². The third-order valence-corrected chi connectivity index (χ3v) is 4.38. The third-order valence-electron chi connectivity index (χ3n) is 4.38. The van der Waals surface area contributed by atoms with E-state index in [0.29, 0.717) is 5.92 Å². The number of halogens is 2. The molecule has 0 saturated heterocycles. The van der Waals surface area contributed by atoms with Gasteiger partial charge < -0.3 is 5.32 Å². The zero-order valence-electron chi connectivity index (χ0n) is 9.93. The van der Waals surface area contributed by atoms with Gasteiger partial charge in [0.1, 0.15) is 0 Å². The highest BCUT2D eigenvalue weighted by Crippen LogP contribution is 2.42. The summed E-state index contributed by atoms with van der Waals surface area (Å²) in [7, 11) is 0. The molecule has 16 heavy (non-hydrogen) atoms. The SMILES string of the molecule is FC(F)CNCC1CCC2CCCCC2C1. The van der Waals surface area contributed by atoms with Gasteiger partial charge in [0.2, 0.25) is 0 Å². The molecule has 0 bridgehead atoms. The molecule has 2 saturated carbocycles. The quantitative estimate of drug-likeness (QED) is 0.781. The smallest absolute Gasteiger partial charge is 0.250 e. The van der Waals surface area contributed by atoms with Crippen LogP contribution in [0.1, 0.15) is 44.9 Å². The Morgan fingerprint density at radius 2 is 1.75 bits per heavy atom. The summed E-state index contributed by atoms with van der Waals surface area (Å²) in [4.78, 5) is 0. The normalized spacial score (nSPS) is 35.1. The minimum Gasteiger partial charge on any atom is -0.311 e. The van der Waals surface area contributed by atoms with Crippen molar-refractivity contribution >= 4 is 0 Å². The summed E-state index contributed by atoms with van der Waals surface area (Å²) in [5, 5.41) is 2.90. The second kappa shape index (κ2) is 5.95. The molecule has 0 aromatic carbocycles. The molecule has 0 aliphatic heterocycles. The first-order valence-corrected chi connectivity index (χ1v) is 6.74. The zero-order valence-corrected chi connectivity index (χ0v) is 9.93. The van der Waals surface area contributed by atoms with E-state index in [1.165, 1.54) is 44.9 Å². The van der Waals surface area contributed by atoms with Crippen molar-refractivity contribution in [3.63, 3.8) is 0 Å². The lowest BCUT2D eigenvalue weighted by Gasteiger charge is -2.39. The van der Waals surface area contributed by atoms with Gasteiger partial charge in [-0.3, -0.25) is 0 Å². The molecule has 3 atom stereocenters. The molecular weight excluding hydrogens is 208 g/mol. The minimum atomic E-state index is -2.20. The maximum Gasteiger partial charge on any atom is 0.250 e. The van der Waals surface area contributed by atoms with Crippen LogP contribution in [0.5, 0.6) is 0 Å². The van der Waals surface area contributed by atoms with Gasteiger partial charge in [-0.25, -0.2) is 8.78 Å². The highest BCUT2D eigenvalue weighted by Gasteiger charge is 2.31. The first kappa shape index (κ1) is 12.3. The van der Waals surface area contributed by atoms with Gasteiger partial charge in [0.25, 0.3) is 6.43 Å². The minimum absolute atomic E-state index is 0.134. The van der Waals surface area contributed by atoms with Crippen LogP contribution in [-0.2, 0) is 0 Å². The topological polar surface area (TPSA) is 12.0 Å². The number of fused-ring (bicyclic) bond motifs is 1. The van der Waals surface area contributed by atoms with Gasteiger partial charge >= 0.3 is 0 Å². The van der Waals surface area contributed by atoms with Gasteiger partial charge in [0, 0.05) is 0 Å². The molecule has 1 N–H and O–H groups in total. The van der Waals surface area contributed by atoms with Crippen molar-refractivity contribution in [1.82, 2.24) is 5.32 Å². The van der Waals surface area contributed by atoms with Crippen LogP contribution in [0.25, 0.3) is 0 Å². The van der Waals surface area contributed by atoms with Gasteiger partial charge in [0.05, 0.1) is 6.54 Å². The Balaban J connectivity index is 1.68. The Kier molecular flexibility index (Phi) is 4.56. The number of hydrogen-bond acceptors (Lipinski definition) is 1. The van der Waals surface area contributed by atoms with Crippen molar-refractivity contribution in [2.75, 3.05) is 13.1 Å². The van der Waals surface area contributed by atoms with Crippen LogP contribution in [0.3, 0.4) is 0 Å². The van der Waals surface area contributed by atoms with E-state index in [2.05, 4.69) is 5.32 Å². The molecule has 94 valence electrons. The van der Waals surface area contributed by atoms with E-state index >= 15 is 0 Å². The highest BCUT2D eigenvalue weighted by molar-refractivity contribution is 4.83. The van der Waals surface area contributed by atoms with E-state index < -0.39 is 6.43 Å². The van der Waals surface area contributed by atoms with Crippen LogP contribution >= 0.6 is 0 Å². The largest absolute Gasteiger partial charge is 0.311 e. The molecule has 2 rings (SSSR count). The Labute approximate surface area is 97.0 Å². The van der Waals surface area contributed by atoms with Gasteiger partial charge in [-0.05, 0) is 43.6 Å². The van der Waals surface area contributed by atoms with E-state index in [9.17, 15) is 8.78 Å². The number of hydrogen-bond donors (Lipinski definition) is 1. The molecule has 0 amide bonds. The highest BCUT2D eigenvalue weighted by atomic mass is 19.3. The number of nitrogens with one attached hydrogen (secondary N) is 1. The monoisotopic (exact) mass is 231 g/mol. The van der Waals surface area contributed by atoms with E-state index in [-0.39, 0.29) is 6.54 Å². The molecule has 0 aromatic rings. The van der Waals surface area contributed by atoms with Crippen LogP contribution in [0.15, 0.2) is 0 Å². The second-order valence-corrected chi connectivity index (χ2v) is 5.53. The zero-order chi connectivity index (χ0) is 11.4. The third kappa shape index (κ3) is 3.41. The molecular formula is C13H23F2N. The van der Waals surface area contributed by atoms with Crippen LogP contribution in [-0.4, -0.2) is 19.5 Å². The molecule has 0 heterocycles. The Hall–Kier alpha value is -0.180. The number of alkyl halides is 2. The molecule has 3 heteroatoms. The Bertz CT molecular complexity index is 208. The summed E-state index contributed by atoms with van der Waals surface area (Å²) in [5.41, 5.74) is 0. The van der Waals surface area contributed by atoms with E-state index in [1.807, 2.05) is 0 Å². The second-order valence-electron chi connectivity index (χ2n) is 5.53. The van der Waals surface area contributed by atoms with Gasteiger partial charge in [-0.1, -0.05) is 25.7 Å². The molecule has 3 unspecified atom stereocenters. The molecule has 1 nitrogen and oxygen atoms in total. The summed E-state index contributed by atoms with van der Waals surface area (Å²) in [6.45, 7) is 0.665. The molecule has 2 fully saturated rings. The van der Waals surface area contributed by atoms with Gasteiger partial charge in [0.15, 0.2) is 0 Å². The van der Waals surface area contributed by atoms with Crippen LogP contribution in [0.2, 0.25) is 0 Å². The lowest BCUT2D eigenvalue weighted by molar-refractivity contribution is 0.117. The fraction of sp³-hybridized carbons (Fsp3) is 1.00. The predicted octanol–water partition coefficient (Wildman–Crippen LogP) is 3.45. The van der Waals surface area contributed by atoms with Gasteiger partial charge in [-0.15, -0.1) is 0 Å². The molecule has 2 aliphatic carbocycles. The standard InChI is InChI=1S/C13H23F2N/c14-13(15)9-16-8-10-5-6-11-3-1-2-4-12(11)7-10/h10-13,16H,1-9H2. The Morgan fingerprint density at radius 3 is 2.50 bits per heavy atom. The van der Waals surface area contributed by atoms with Crippen LogP contribution in [0.4, 0.5) is 8.78 Å². The molecule has 2 aliphatic rings. The molecule has 0 spiro atoms. The van der Waals surface area contributed by atoms with Crippen LogP contribution < -0.4 is 5.32 Å². The first-order valence-electron chi connectivity index (χ1n) is 6.74. The predicted molar refractivity (Wildman–Crippen MR) is 61.7 cm³/mol. The summed E-state index contributed by atoms with van der Waals surface area (Å²) < 4.78 is 24.0. The van der Waals surface area contributed by atoms with Crippen molar-refractivity contribution in [1.29, 1.82) is 0 Å². The number of rotatable bonds is 4. The summed E-state index contributed by atoms with van der Waals surface area (Å²) >= 11 is 0.